The molecule has 0 radical (unpaired) electrons. The number of imidazole rings is 1. The molecule has 0 aliphatic heterocycles. The van der Waals surface area contributed by atoms with Crippen LogP contribution in [0.3, 0.4) is 0 Å². The molecule has 0 saturated carbocycles. The summed E-state index contributed by atoms with van der Waals surface area (Å²) >= 11 is 0. The number of methoxy groups -OCH3 is 1. The van der Waals surface area contributed by atoms with Crippen molar-refractivity contribution >= 4 is 23.3 Å². The molecule has 0 saturated heterocycles. The number of nitrogens with zero attached hydrogens (tertiary/aromatic N) is 4. The number of alkyl halides is 3. The number of rotatable bonds is 9. The number of hydrogen-bond acceptors (Lipinski definition) is 6. The van der Waals surface area contributed by atoms with Gasteiger partial charge < -0.3 is 14.6 Å². The molecular formula is C29H27F3N6O4. The number of aliphatic hydroxyl groups is 1. The number of fused-ring (bicyclic) bond motifs is 1. The number of anilines is 2. The number of nitrogens with one attached hydrogen (secondary N) is 2. The van der Waals surface area contributed by atoms with E-state index in [1.807, 2.05) is 6.07 Å². The number of urea groups is 1. The maximum Gasteiger partial charge on any atom is 0.419 e. The zero-order valence-electron chi connectivity index (χ0n) is 22.6. The number of carbonyl (C=O) groups is 1. The van der Waals surface area contributed by atoms with Crippen LogP contribution in [-0.2, 0) is 10.9 Å². The van der Waals surface area contributed by atoms with Crippen molar-refractivity contribution in [1.29, 1.82) is 0 Å². The molecule has 1 atom stereocenters. The average molecular weight is 581 g/mol. The highest BCUT2D eigenvalue weighted by Gasteiger charge is 2.35. The third kappa shape index (κ3) is 5.92. The molecule has 0 aliphatic rings. The lowest BCUT2D eigenvalue weighted by Crippen LogP contribution is -2.23. The second-order valence-corrected chi connectivity index (χ2v) is 9.31. The Morgan fingerprint density at radius 3 is 2.31 bits per heavy atom. The number of hydrogen-bond donors (Lipinski definition) is 3. The molecule has 10 nitrogen and oxygen atoms in total. The Balaban J connectivity index is 1.52. The maximum absolute atomic E-state index is 13.8. The molecule has 0 bridgehead atoms. The molecule has 3 heterocycles. The van der Waals surface area contributed by atoms with Crippen molar-refractivity contribution in [3.63, 3.8) is 0 Å². The zero-order valence-corrected chi connectivity index (χ0v) is 22.6. The van der Waals surface area contributed by atoms with Crippen LogP contribution in [-0.4, -0.2) is 56.7 Å². The summed E-state index contributed by atoms with van der Waals surface area (Å²) in [6, 6.07) is 19.0. The second-order valence-electron chi connectivity index (χ2n) is 9.31. The van der Waals surface area contributed by atoms with Gasteiger partial charge in [-0.05, 0) is 31.2 Å². The number of benzene rings is 2. The Morgan fingerprint density at radius 2 is 1.64 bits per heavy atom. The van der Waals surface area contributed by atoms with E-state index in [4.69, 9.17) is 9.47 Å². The Labute approximate surface area is 238 Å². The fraction of sp³-hybridized carbons (Fsp3) is 0.207. The van der Waals surface area contributed by atoms with E-state index in [0.29, 0.717) is 16.8 Å². The molecule has 1 unspecified atom stereocenters. The summed E-state index contributed by atoms with van der Waals surface area (Å²) in [4.78, 5) is 17.7. The van der Waals surface area contributed by atoms with Crippen molar-refractivity contribution in [3.8, 4) is 22.8 Å². The van der Waals surface area contributed by atoms with Gasteiger partial charge in [-0.25, -0.2) is 14.5 Å². The lowest BCUT2D eigenvalue weighted by molar-refractivity contribution is -0.136. The van der Waals surface area contributed by atoms with Gasteiger partial charge in [-0.1, -0.05) is 48.5 Å². The van der Waals surface area contributed by atoms with E-state index >= 15 is 0 Å². The molecule has 0 fully saturated rings. The largest absolute Gasteiger partial charge is 0.474 e. The zero-order chi connectivity index (χ0) is 29.9. The summed E-state index contributed by atoms with van der Waals surface area (Å²) in [6.45, 7) is 1.64. The van der Waals surface area contributed by atoms with Crippen LogP contribution >= 0.6 is 0 Å². The lowest BCUT2D eigenvalue weighted by Gasteiger charge is -2.12. The Hall–Kier alpha value is -4.88. The van der Waals surface area contributed by atoms with E-state index in [-0.39, 0.29) is 42.1 Å². The van der Waals surface area contributed by atoms with Crippen LogP contribution in [0.5, 0.6) is 5.88 Å². The fourth-order valence-corrected chi connectivity index (χ4v) is 4.38. The van der Waals surface area contributed by atoms with Crippen molar-refractivity contribution in [2.45, 2.75) is 19.2 Å². The number of ether oxygens (including phenoxy) is 2. The van der Waals surface area contributed by atoms with Gasteiger partial charge in [-0.2, -0.15) is 13.2 Å². The molecule has 2 amide bonds. The summed E-state index contributed by atoms with van der Waals surface area (Å²) in [5, 5.41) is 19.9. The van der Waals surface area contributed by atoms with Crippen LogP contribution in [0.25, 0.3) is 22.6 Å². The summed E-state index contributed by atoms with van der Waals surface area (Å²) < 4.78 is 54.8. The number of halogens is 3. The van der Waals surface area contributed by atoms with E-state index in [1.165, 1.54) is 28.5 Å². The minimum absolute atomic E-state index is 0.0439. The Kier molecular flexibility index (Phi) is 8.13. The number of pyridine rings is 1. The first-order chi connectivity index (χ1) is 20.2. The summed E-state index contributed by atoms with van der Waals surface area (Å²) in [7, 11) is 1.45. The molecule has 3 aromatic heterocycles. The van der Waals surface area contributed by atoms with Gasteiger partial charge >= 0.3 is 12.2 Å². The summed E-state index contributed by atoms with van der Waals surface area (Å²) in [5.41, 5.74) is 0.450. The van der Waals surface area contributed by atoms with Crippen LogP contribution in [0.15, 0.2) is 79.0 Å². The maximum atomic E-state index is 13.8. The first-order valence-electron chi connectivity index (χ1n) is 12.8. The quantitative estimate of drug-likeness (QED) is 0.211. The standard InChI is InChI=1S/C29H27F3N6O4/c1-18-24(38(20-12-7-4-8-13-20)36-27(18)42-17-21(39)16-41-2)34-28(40)35-26-23(19-10-5-3-6-11-19)33-25-22(29(30,31)32)14-9-15-37(25)26/h3-15,21,39H,16-17H2,1-2H3,(H2,34,35,40). The molecular weight excluding hydrogens is 553 g/mol. The number of para-hydroxylation sites is 1. The lowest BCUT2D eigenvalue weighted by atomic mass is 10.1. The predicted molar refractivity (Wildman–Crippen MR) is 150 cm³/mol. The first kappa shape index (κ1) is 28.6. The predicted octanol–water partition coefficient (Wildman–Crippen LogP) is 5.54. The molecule has 0 aliphatic carbocycles. The van der Waals surface area contributed by atoms with Crippen LogP contribution in [0, 0.1) is 6.92 Å². The molecule has 5 rings (SSSR count). The third-order valence-electron chi connectivity index (χ3n) is 6.32. The average Bonchev–Trinajstić information content (AvgIpc) is 3.49. The highest BCUT2D eigenvalue weighted by atomic mass is 19.4. The highest BCUT2D eigenvalue weighted by molar-refractivity contribution is 6.02. The van der Waals surface area contributed by atoms with Crippen molar-refractivity contribution in [2.75, 3.05) is 31.0 Å². The highest BCUT2D eigenvalue weighted by Crippen LogP contribution is 2.37. The third-order valence-corrected chi connectivity index (χ3v) is 6.32. The van der Waals surface area contributed by atoms with Gasteiger partial charge in [0.1, 0.15) is 30.0 Å². The number of aliphatic hydroxyl groups excluding tert-OH is 1. The van der Waals surface area contributed by atoms with E-state index < -0.39 is 23.9 Å². The van der Waals surface area contributed by atoms with Gasteiger partial charge in [0.05, 0.1) is 23.4 Å². The van der Waals surface area contributed by atoms with Crippen molar-refractivity contribution in [1.82, 2.24) is 19.2 Å². The van der Waals surface area contributed by atoms with Gasteiger partial charge in [0.2, 0.25) is 5.88 Å². The Bertz CT molecular complexity index is 1690. The summed E-state index contributed by atoms with van der Waals surface area (Å²) in [6.07, 6.45) is -4.16. The van der Waals surface area contributed by atoms with Crippen molar-refractivity contribution in [2.24, 2.45) is 0 Å². The van der Waals surface area contributed by atoms with E-state index in [0.717, 1.165) is 6.07 Å². The van der Waals surface area contributed by atoms with Gasteiger partial charge in [0.25, 0.3) is 0 Å². The van der Waals surface area contributed by atoms with Gasteiger partial charge in [-0.3, -0.25) is 15.0 Å². The van der Waals surface area contributed by atoms with Gasteiger partial charge in [0.15, 0.2) is 5.65 Å². The topological polar surface area (TPSA) is 115 Å². The normalized spacial score (nSPS) is 12.3. The van der Waals surface area contributed by atoms with E-state index in [2.05, 4.69) is 20.7 Å². The molecule has 3 N–H and O–H groups in total. The number of aromatic nitrogens is 4. The molecule has 5 aromatic rings. The van der Waals surface area contributed by atoms with Gasteiger partial charge in [0, 0.05) is 18.9 Å². The minimum atomic E-state index is -4.66. The van der Waals surface area contributed by atoms with E-state index in [1.54, 1.807) is 61.5 Å². The molecule has 218 valence electrons. The molecule has 13 heteroatoms. The Morgan fingerprint density at radius 1 is 0.976 bits per heavy atom. The number of carbonyl (C=O) groups excluding carboxylic acids is 1. The second kappa shape index (κ2) is 11.9. The van der Waals surface area contributed by atoms with Gasteiger partial charge in [-0.15, -0.1) is 5.10 Å². The smallest absolute Gasteiger partial charge is 0.419 e. The monoisotopic (exact) mass is 580 g/mol. The van der Waals surface area contributed by atoms with E-state index in [9.17, 15) is 23.1 Å². The first-order valence-corrected chi connectivity index (χ1v) is 12.8. The minimum Gasteiger partial charge on any atom is -0.474 e. The van der Waals surface area contributed by atoms with Crippen molar-refractivity contribution < 1.29 is 32.5 Å². The summed E-state index contributed by atoms with van der Waals surface area (Å²) in [5.74, 6) is 0.460. The molecule has 0 spiro atoms. The van der Waals surface area contributed by atoms with Crippen LogP contribution in [0.1, 0.15) is 11.1 Å². The van der Waals surface area contributed by atoms with Crippen LogP contribution in [0.4, 0.5) is 29.6 Å². The number of amides is 2. The van der Waals surface area contributed by atoms with Crippen molar-refractivity contribution in [3.05, 3.63) is 90.1 Å². The van der Waals surface area contributed by atoms with Crippen LogP contribution < -0.4 is 15.4 Å². The molecule has 42 heavy (non-hydrogen) atoms. The fourth-order valence-electron chi connectivity index (χ4n) is 4.38. The SMILES string of the molecule is COCC(O)COc1nn(-c2ccccc2)c(NC(=O)Nc2c(-c3ccccc3)nc3c(C(F)(F)F)cccn23)c1C. The van der Waals surface area contributed by atoms with Crippen LogP contribution in [0.2, 0.25) is 0 Å². The molecule has 2 aromatic carbocycles.